The Balaban J connectivity index is 1.13. The molecule has 178 valence electrons. The molecule has 2 aliphatic heterocycles. The molecule has 5 rings (SSSR count). The molecule has 0 atom stereocenters. The van der Waals surface area contributed by atoms with Gasteiger partial charge in [0.05, 0.1) is 24.3 Å². The van der Waals surface area contributed by atoms with Gasteiger partial charge in [0.15, 0.2) is 0 Å². The van der Waals surface area contributed by atoms with Crippen LogP contribution in [0.15, 0.2) is 47.4 Å². The van der Waals surface area contributed by atoms with Crippen LogP contribution >= 0.6 is 0 Å². The lowest BCUT2D eigenvalue weighted by atomic mass is 10.00. The lowest BCUT2D eigenvalue weighted by Crippen LogP contribution is -2.43. The minimum absolute atomic E-state index is 0.0136. The van der Waals surface area contributed by atoms with Gasteiger partial charge in [-0.05, 0) is 55.6 Å². The van der Waals surface area contributed by atoms with Crippen LogP contribution in [0.4, 0.5) is 5.69 Å². The fourth-order valence-corrected chi connectivity index (χ4v) is 4.88. The van der Waals surface area contributed by atoms with Gasteiger partial charge in [0, 0.05) is 49.9 Å². The fraction of sp³-hybridized carbons (Fsp3) is 0.423. The number of hydrogen-bond acceptors (Lipinski definition) is 6. The summed E-state index contributed by atoms with van der Waals surface area (Å²) in [6.07, 6.45) is 5.21. The highest BCUT2D eigenvalue weighted by atomic mass is 16.5. The number of carbonyl (C=O) groups is 1. The number of methoxy groups -OCH3 is 1. The van der Waals surface area contributed by atoms with Crippen LogP contribution in [0.1, 0.15) is 30.4 Å². The van der Waals surface area contributed by atoms with Crippen LogP contribution in [0.25, 0.3) is 11.0 Å². The van der Waals surface area contributed by atoms with Crippen LogP contribution in [-0.2, 0) is 24.3 Å². The molecule has 0 unspecified atom stereocenters. The first-order chi connectivity index (χ1) is 16.6. The van der Waals surface area contributed by atoms with E-state index in [0.29, 0.717) is 24.8 Å². The van der Waals surface area contributed by atoms with Crippen LogP contribution in [0.2, 0.25) is 0 Å². The standard InChI is InChI=1S/C26H31N5O3/c1-34-21-15-24-22(28-17-21)5-7-26(33)31(24)13-12-30-10-8-20(9-11-30)27-16-18-2-3-19-4-6-25(32)29-23(19)14-18/h2-3,5,7,14-15,17,20,27H,4,6,8-13,16H2,1H3,(H,29,32). The molecule has 2 N–H and O–H groups in total. The number of amides is 1. The second-order valence-electron chi connectivity index (χ2n) is 9.14. The van der Waals surface area contributed by atoms with Gasteiger partial charge in [0.1, 0.15) is 5.75 Å². The van der Waals surface area contributed by atoms with E-state index in [1.54, 1.807) is 30.0 Å². The van der Waals surface area contributed by atoms with E-state index in [1.165, 1.54) is 11.1 Å². The number of fused-ring (bicyclic) bond motifs is 2. The van der Waals surface area contributed by atoms with Crippen LogP contribution < -0.4 is 20.9 Å². The van der Waals surface area contributed by atoms with Gasteiger partial charge in [-0.25, -0.2) is 0 Å². The largest absolute Gasteiger partial charge is 0.495 e. The van der Waals surface area contributed by atoms with E-state index in [4.69, 9.17) is 4.74 Å². The number of rotatable bonds is 7. The van der Waals surface area contributed by atoms with Gasteiger partial charge in [-0.2, -0.15) is 0 Å². The molecule has 1 amide bonds. The Morgan fingerprint density at radius 1 is 1.09 bits per heavy atom. The highest BCUT2D eigenvalue weighted by molar-refractivity contribution is 5.94. The summed E-state index contributed by atoms with van der Waals surface area (Å²) in [7, 11) is 1.61. The van der Waals surface area contributed by atoms with E-state index < -0.39 is 0 Å². The Hall–Kier alpha value is -3.23. The minimum atomic E-state index is -0.0136. The lowest BCUT2D eigenvalue weighted by molar-refractivity contribution is -0.116. The molecular formula is C26H31N5O3. The van der Waals surface area contributed by atoms with Crippen molar-refractivity contribution in [3.8, 4) is 5.75 Å². The highest BCUT2D eigenvalue weighted by Gasteiger charge is 2.20. The van der Waals surface area contributed by atoms with Gasteiger partial charge in [-0.3, -0.25) is 14.6 Å². The summed E-state index contributed by atoms with van der Waals surface area (Å²) in [5.41, 5.74) is 4.97. The van der Waals surface area contributed by atoms with E-state index in [1.807, 2.05) is 6.07 Å². The zero-order valence-electron chi connectivity index (χ0n) is 19.5. The maximum absolute atomic E-state index is 12.5. The van der Waals surface area contributed by atoms with Gasteiger partial charge in [-0.15, -0.1) is 0 Å². The summed E-state index contributed by atoms with van der Waals surface area (Å²) in [5.74, 6) is 0.756. The van der Waals surface area contributed by atoms with E-state index in [-0.39, 0.29) is 11.5 Å². The number of carbonyl (C=O) groups excluding carboxylic acids is 1. The molecule has 4 heterocycles. The van der Waals surface area contributed by atoms with E-state index in [2.05, 4.69) is 38.7 Å². The number of aromatic nitrogens is 2. The number of aryl methyl sites for hydroxylation is 1. The summed E-state index contributed by atoms with van der Waals surface area (Å²) in [6.45, 7) is 4.25. The second kappa shape index (κ2) is 9.95. The average Bonchev–Trinajstić information content (AvgIpc) is 2.87. The molecule has 0 saturated carbocycles. The van der Waals surface area contributed by atoms with E-state index in [9.17, 15) is 9.59 Å². The van der Waals surface area contributed by atoms with Crippen molar-refractivity contribution in [2.24, 2.45) is 0 Å². The molecule has 0 aliphatic carbocycles. The Morgan fingerprint density at radius 2 is 1.94 bits per heavy atom. The fourth-order valence-electron chi connectivity index (χ4n) is 4.88. The quantitative estimate of drug-likeness (QED) is 0.562. The average molecular weight is 462 g/mol. The summed E-state index contributed by atoms with van der Waals surface area (Å²) in [5, 5.41) is 6.66. The third-order valence-corrected chi connectivity index (χ3v) is 6.94. The normalized spacial score (nSPS) is 16.9. The van der Waals surface area contributed by atoms with Gasteiger partial charge >= 0.3 is 0 Å². The number of likely N-dealkylation sites (tertiary alicyclic amines) is 1. The van der Waals surface area contributed by atoms with E-state index >= 15 is 0 Å². The van der Waals surface area contributed by atoms with Gasteiger partial charge < -0.3 is 24.8 Å². The van der Waals surface area contributed by atoms with Gasteiger partial charge in [0.25, 0.3) is 5.56 Å². The van der Waals surface area contributed by atoms with Crippen LogP contribution in [0, 0.1) is 0 Å². The molecule has 0 spiro atoms. The third-order valence-electron chi connectivity index (χ3n) is 6.94. The molecule has 0 radical (unpaired) electrons. The summed E-state index contributed by atoms with van der Waals surface area (Å²) >= 11 is 0. The smallest absolute Gasteiger partial charge is 0.251 e. The first-order valence-electron chi connectivity index (χ1n) is 12.0. The first-order valence-corrected chi connectivity index (χ1v) is 12.0. The topological polar surface area (TPSA) is 88.5 Å². The SMILES string of the molecule is COc1cnc2ccc(=O)n(CCN3CCC(NCc4ccc5c(c4)NC(=O)CC5)CC3)c2c1. The molecule has 34 heavy (non-hydrogen) atoms. The zero-order valence-corrected chi connectivity index (χ0v) is 19.5. The molecule has 0 bridgehead atoms. The van der Waals surface area contributed by atoms with Crippen molar-refractivity contribution in [3.05, 3.63) is 64.1 Å². The molecule has 3 aromatic rings. The number of nitrogens with one attached hydrogen (secondary N) is 2. The molecule has 2 aliphatic rings. The highest BCUT2D eigenvalue weighted by Crippen LogP contribution is 2.24. The van der Waals surface area contributed by atoms with Crippen molar-refractivity contribution in [2.45, 2.75) is 44.8 Å². The van der Waals surface area contributed by atoms with Gasteiger partial charge in [0.2, 0.25) is 5.91 Å². The lowest BCUT2D eigenvalue weighted by Gasteiger charge is -2.32. The molecular weight excluding hydrogens is 430 g/mol. The van der Waals surface area contributed by atoms with Crippen molar-refractivity contribution >= 4 is 22.6 Å². The minimum Gasteiger partial charge on any atom is -0.495 e. The second-order valence-corrected chi connectivity index (χ2v) is 9.14. The monoisotopic (exact) mass is 461 g/mol. The van der Waals surface area contributed by atoms with Crippen molar-refractivity contribution in [1.82, 2.24) is 19.8 Å². The maximum Gasteiger partial charge on any atom is 0.251 e. The zero-order chi connectivity index (χ0) is 23.5. The Morgan fingerprint density at radius 3 is 2.76 bits per heavy atom. The number of hydrogen-bond donors (Lipinski definition) is 2. The van der Waals surface area contributed by atoms with Crippen LogP contribution in [0.3, 0.4) is 0 Å². The molecule has 2 aromatic heterocycles. The number of pyridine rings is 2. The Labute approximate surface area is 198 Å². The summed E-state index contributed by atoms with van der Waals surface area (Å²) in [4.78, 5) is 31.0. The third kappa shape index (κ3) is 4.98. The molecule has 1 saturated heterocycles. The number of benzene rings is 1. The number of anilines is 1. The van der Waals surface area contributed by atoms with Crippen LogP contribution in [0.5, 0.6) is 5.75 Å². The van der Waals surface area contributed by atoms with Crippen LogP contribution in [-0.4, -0.2) is 53.1 Å². The Bertz CT molecular complexity index is 1250. The molecule has 1 aromatic carbocycles. The maximum atomic E-state index is 12.5. The van der Waals surface area contributed by atoms with Crippen molar-refractivity contribution in [3.63, 3.8) is 0 Å². The molecule has 8 heteroatoms. The van der Waals surface area contributed by atoms with Crippen molar-refractivity contribution in [1.29, 1.82) is 0 Å². The number of piperidine rings is 1. The summed E-state index contributed by atoms with van der Waals surface area (Å²) in [6, 6.07) is 12.1. The van der Waals surface area contributed by atoms with Crippen molar-refractivity contribution in [2.75, 3.05) is 32.1 Å². The summed E-state index contributed by atoms with van der Waals surface area (Å²) < 4.78 is 7.09. The predicted octanol–water partition coefficient (Wildman–Crippen LogP) is 2.54. The van der Waals surface area contributed by atoms with Crippen molar-refractivity contribution < 1.29 is 9.53 Å². The number of nitrogens with zero attached hydrogens (tertiary/aromatic N) is 3. The first kappa shape index (κ1) is 22.6. The number of ether oxygens (including phenoxy) is 1. The predicted molar refractivity (Wildman–Crippen MR) is 132 cm³/mol. The Kier molecular flexibility index (Phi) is 6.60. The molecule has 8 nitrogen and oxygen atoms in total. The van der Waals surface area contributed by atoms with E-state index in [0.717, 1.165) is 62.2 Å². The van der Waals surface area contributed by atoms with Gasteiger partial charge in [-0.1, -0.05) is 12.1 Å². The molecule has 1 fully saturated rings.